The van der Waals surface area contributed by atoms with Crippen LogP contribution >= 0.6 is 0 Å². The summed E-state index contributed by atoms with van der Waals surface area (Å²) in [6, 6.07) is 7.99. The van der Waals surface area contributed by atoms with Crippen LogP contribution in [0.15, 0.2) is 48.9 Å². The molecule has 0 bridgehead atoms. The fraction of sp³-hybridized carbons (Fsp3) is 0.333. The Balaban J connectivity index is 1.25. The van der Waals surface area contributed by atoms with Crippen molar-refractivity contribution in [2.24, 2.45) is 0 Å². The van der Waals surface area contributed by atoms with Crippen LogP contribution in [0.3, 0.4) is 0 Å². The molecule has 0 saturated heterocycles. The van der Waals surface area contributed by atoms with Crippen LogP contribution in [0.4, 0.5) is 25.1 Å². The van der Waals surface area contributed by atoms with Crippen molar-refractivity contribution in [1.29, 1.82) is 0 Å². The van der Waals surface area contributed by atoms with Crippen molar-refractivity contribution in [3.05, 3.63) is 71.7 Å². The number of methoxy groups -OCH3 is 1. The summed E-state index contributed by atoms with van der Waals surface area (Å²) in [5.41, 5.74) is 2.15. The molecule has 2 amide bonds. The van der Waals surface area contributed by atoms with Crippen molar-refractivity contribution in [1.82, 2.24) is 25.0 Å². The second-order valence-electron chi connectivity index (χ2n) is 11.2. The molecule has 12 heteroatoms. The van der Waals surface area contributed by atoms with Gasteiger partial charge in [0.05, 0.1) is 19.0 Å². The lowest BCUT2D eigenvalue weighted by Gasteiger charge is -2.36. The second-order valence-corrected chi connectivity index (χ2v) is 11.2. The van der Waals surface area contributed by atoms with Gasteiger partial charge in [-0.2, -0.15) is 4.39 Å². The Labute approximate surface area is 241 Å². The molecule has 1 saturated carbocycles. The number of nitrogens with one attached hydrogen (secondary N) is 3. The van der Waals surface area contributed by atoms with Gasteiger partial charge in [-0.1, -0.05) is 0 Å². The Hall–Kier alpha value is -4.74. The average Bonchev–Trinajstić information content (AvgIpc) is 3.33. The number of aromatic nitrogens is 3. The topological polar surface area (TPSA) is 119 Å². The average molecular weight is 579 g/mol. The van der Waals surface area contributed by atoms with Gasteiger partial charge >= 0.3 is 6.09 Å². The van der Waals surface area contributed by atoms with Gasteiger partial charge in [0.1, 0.15) is 5.60 Å². The third-order valence-electron chi connectivity index (χ3n) is 6.90. The first-order valence-electron chi connectivity index (χ1n) is 13.5. The van der Waals surface area contributed by atoms with Gasteiger partial charge in [-0.05, 0) is 76.4 Å². The number of imidazole rings is 1. The first kappa shape index (κ1) is 28.8. The quantitative estimate of drug-likeness (QED) is 0.264. The predicted molar refractivity (Wildman–Crippen MR) is 153 cm³/mol. The van der Waals surface area contributed by atoms with Crippen LogP contribution in [0.25, 0.3) is 16.9 Å². The zero-order valence-electron chi connectivity index (χ0n) is 23.9. The summed E-state index contributed by atoms with van der Waals surface area (Å²) in [6.45, 7) is 7.24. The molecule has 3 N–H and O–H groups in total. The number of nitrogens with zero attached hydrogens (tertiary/aromatic N) is 3. The number of aryl methyl sites for hydroxylation is 1. The molecule has 0 aliphatic heterocycles. The third-order valence-corrected chi connectivity index (χ3v) is 6.90. The summed E-state index contributed by atoms with van der Waals surface area (Å²) in [5, 5.41) is 9.03. The van der Waals surface area contributed by atoms with E-state index in [2.05, 4.69) is 25.9 Å². The number of carbonyl (C=O) groups excluding carboxylic acids is 2. The maximum Gasteiger partial charge on any atom is 0.407 e. The van der Waals surface area contributed by atoms with Gasteiger partial charge in [-0.25, -0.2) is 19.2 Å². The van der Waals surface area contributed by atoms with Gasteiger partial charge in [-0.15, -0.1) is 0 Å². The minimum absolute atomic E-state index is 0.0302. The number of hydrogen-bond acceptors (Lipinski definition) is 7. The molecule has 1 aliphatic rings. The molecule has 0 spiro atoms. The van der Waals surface area contributed by atoms with Gasteiger partial charge in [0.15, 0.2) is 23.0 Å². The van der Waals surface area contributed by atoms with E-state index in [4.69, 9.17) is 9.47 Å². The van der Waals surface area contributed by atoms with Gasteiger partial charge in [0.25, 0.3) is 5.91 Å². The molecule has 0 unspecified atom stereocenters. The van der Waals surface area contributed by atoms with E-state index < -0.39 is 23.3 Å². The minimum Gasteiger partial charge on any atom is -0.494 e. The number of benzene rings is 2. The van der Waals surface area contributed by atoms with Crippen LogP contribution in [-0.4, -0.2) is 51.2 Å². The third kappa shape index (κ3) is 5.97. The molecule has 1 fully saturated rings. The lowest BCUT2D eigenvalue weighted by molar-refractivity contribution is 0.0465. The summed E-state index contributed by atoms with van der Waals surface area (Å²) in [7, 11) is 1.27. The van der Waals surface area contributed by atoms with Gasteiger partial charge < -0.3 is 25.4 Å². The molecule has 0 atom stereocenters. The van der Waals surface area contributed by atoms with Crippen LogP contribution in [0, 0.1) is 18.6 Å². The zero-order valence-corrected chi connectivity index (χ0v) is 23.9. The van der Waals surface area contributed by atoms with Crippen molar-refractivity contribution in [3.8, 4) is 17.0 Å². The smallest absolute Gasteiger partial charge is 0.407 e. The molecule has 1 aliphatic carbocycles. The summed E-state index contributed by atoms with van der Waals surface area (Å²) in [5.74, 6) is -2.11. The highest BCUT2D eigenvalue weighted by atomic mass is 19.2. The lowest BCUT2D eigenvalue weighted by Crippen LogP contribution is -2.54. The number of ether oxygens (including phenoxy) is 2. The first-order chi connectivity index (χ1) is 19.9. The van der Waals surface area contributed by atoms with E-state index >= 15 is 0 Å². The standard InChI is InChI=1S/C30H32F2N6O4/c1-16-12-17(6-7-20(16)28(39)36-18-13-19(14-18)37-29(40)42-30(2,3)4)35-26-27-34-15-22(38(27)11-10-33-26)21-8-9-23(41-5)25(32)24(21)31/h6-12,15,18-19H,13-14H2,1-5H3,(H,33,35)(H,36,39)(H,37,40). The molecular formula is C30H32F2N6O4. The first-order valence-corrected chi connectivity index (χ1v) is 13.5. The van der Waals surface area contributed by atoms with E-state index in [1.807, 2.05) is 13.0 Å². The Bertz CT molecular complexity index is 1660. The number of rotatable bonds is 7. The van der Waals surface area contributed by atoms with Crippen molar-refractivity contribution in [2.45, 2.75) is 58.2 Å². The van der Waals surface area contributed by atoms with Gasteiger partial charge in [0, 0.05) is 41.3 Å². The Morgan fingerprint density at radius 2 is 1.76 bits per heavy atom. The minimum atomic E-state index is -1.08. The highest BCUT2D eigenvalue weighted by Crippen LogP contribution is 2.32. The SMILES string of the molecule is COc1ccc(-c2cnc3c(Nc4ccc(C(=O)NC5CC(NC(=O)OC(C)(C)C)C5)c(C)c4)nccn23)c(F)c1F. The second kappa shape index (κ2) is 11.3. The maximum atomic E-state index is 14.8. The number of halogens is 2. The van der Waals surface area contributed by atoms with E-state index in [1.54, 1.807) is 43.5 Å². The molecule has 10 nitrogen and oxygen atoms in total. The van der Waals surface area contributed by atoms with Crippen molar-refractivity contribution >= 4 is 29.2 Å². The molecule has 0 radical (unpaired) electrons. The normalized spacial score (nSPS) is 16.5. The van der Waals surface area contributed by atoms with Crippen molar-refractivity contribution in [2.75, 3.05) is 12.4 Å². The van der Waals surface area contributed by atoms with Crippen LogP contribution in [0.2, 0.25) is 0 Å². The number of alkyl carbamates (subject to hydrolysis) is 1. The monoisotopic (exact) mass is 578 g/mol. The molecule has 220 valence electrons. The van der Waals surface area contributed by atoms with Crippen LogP contribution in [0.1, 0.15) is 49.5 Å². The Morgan fingerprint density at radius 1 is 1.02 bits per heavy atom. The summed E-state index contributed by atoms with van der Waals surface area (Å²) < 4.78 is 40.9. The molecule has 42 heavy (non-hydrogen) atoms. The summed E-state index contributed by atoms with van der Waals surface area (Å²) in [4.78, 5) is 33.6. The molecule has 2 aromatic heterocycles. The Morgan fingerprint density at radius 3 is 2.45 bits per heavy atom. The molecule has 4 aromatic rings. The fourth-order valence-corrected chi connectivity index (χ4v) is 4.82. The van der Waals surface area contributed by atoms with Crippen molar-refractivity contribution in [3.63, 3.8) is 0 Å². The van der Waals surface area contributed by atoms with Crippen molar-refractivity contribution < 1.29 is 27.8 Å². The summed E-state index contributed by atoms with van der Waals surface area (Å²) in [6.07, 6.45) is 5.36. The lowest BCUT2D eigenvalue weighted by atomic mass is 9.86. The van der Waals surface area contributed by atoms with E-state index in [9.17, 15) is 18.4 Å². The summed E-state index contributed by atoms with van der Waals surface area (Å²) >= 11 is 0. The van der Waals surface area contributed by atoms with Crippen LogP contribution in [-0.2, 0) is 4.74 Å². The molecular weight excluding hydrogens is 546 g/mol. The number of fused-ring (bicyclic) bond motifs is 1. The van der Waals surface area contributed by atoms with Crippen LogP contribution in [0.5, 0.6) is 5.75 Å². The highest BCUT2D eigenvalue weighted by molar-refractivity contribution is 5.96. The van der Waals surface area contributed by atoms with E-state index in [0.29, 0.717) is 41.3 Å². The molecule has 5 rings (SSSR count). The number of anilines is 2. The highest BCUT2D eigenvalue weighted by Gasteiger charge is 2.33. The Kier molecular flexibility index (Phi) is 7.72. The predicted octanol–water partition coefficient (Wildman–Crippen LogP) is 5.52. The number of amides is 2. The van der Waals surface area contributed by atoms with Gasteiger partial charge in [0.2, 0.25) is 5.82 Å². The number of hydrogen-bond donors (Lipinski definition) is 3. The van der Waals surface area contributed by atoms with E-state index in [1.165, 1.54) is 31.6 Å². The van der Waals surface area contributed by atoms with Crippen LogP contribution < -0.4 is 20.7 Å². The number of carbonyl (C=O) groups is 2. The zero-order chi connectivity index (χ0) is 30.2. The fourth-order valence-electron chi connectivity index (χ4n) is 4.82. The van der Waals surface area contributed by atoms with Gasteiger partial charge in [-0.3, -0.25) is 9.20 Å². The largest absolute Gasteiger partial charge is 0.494 e. The van der Waals surface area contributed by atoms with E-state index in [0.717, 1.165) is 5.56 Å². The molecule has 2 heterocycles. The maximum absolute atomic E-state index is 14.8. The van der Waals surface area contributed by atoms with E-state index in [-0.39, 0.29) is 29.3 Å². The molecule has 2 aromatic carbocycles.